The summed E-state index contributed by atoms with van der Waals surface area (Å²) in [4.78, 5) is 25.1. The second kappa shape index (κ2) is 8.06. The minimum Gasteiger partial charge on any atom is -0.379 e. The Hall–Kier alpha value is -1.44. The Bertz CT molecular complexity index is 583. The number of carbonyl (C=O) groups is 2. The minimum absolute atomic E-state index is 0.0121. The summed E-state index contributed by atoms with van der Waals surface area (Å²) >= 11 is 0. The quantitative estimate of drug-likeness (QED) is 0.484. The fourth-order valence-electron chi connectivity index (χ4n) is 4.69. The van der Waals surface area contributed by atoms with E-state index in [1.807, 2.05) is 13.8 Å². The van der Waals surface area contributed by atoms with Crippen LogP contribution in [0.3, 0.4) is 0 Å². The summed E-state index contributed by atoms with van der Waals surface area (Å²) in [7, 11) is 0. The van der Waals surface area contributed by atoms with Crippen molar-refractivity contribution in [3.8, 4) is 0 Å². The van der Waals surface area contributed by atoms with E-state index < -0.39 is 6.23 Å². The summed E-state index contributed by atoms with van der Waals surface area (Å²) in [5, 5.41) is 22.2. The Kier molecular flexibility index (Phi) is 5.99. The van der Waals surface area contributed by atoms with Crippen molar-refractivity contribution in [2.45, 2.75) is 70.8 Å². The van der Waals surface area contributed by atoms with Gasteiger partial charge in [0.25, 0.3) is 0 Å². The molecule has 3 heterocycles. The molecule has 7 nitrogen and oxygen atoms in total. The van der Waals surface area contributed by atoms with Crippen molar-refractivity contribution in [3.63, 3.8) is 0 Å². The molecule has 0 aromatic heterocycles. The SMILES string of the molecule is CC1=C(CC(=O)N[C@@H](C)C2CCC(O)NC2)C(=O)NC2CCNC(C)C12. The molecule has 2 fully saturated rings. The zero-order valence-corrected chi connectivity index (χ0v) is 16.0. The molecule has 0 saturated carbocycles. The normalized spacial score (nSPS) is 36.2. The van der Waals surface area contributed by atoms with Crippen molar-refractivity contribution in [2.24, 2.45) is 11.8 Å². The third-order valence-corrected chi connectivity index (χ3v) is 6.32. The van der Waals surface area contributed by atoms with Gasteiger partial charge >= 0.3 is 0 Å². The molecule has 0 aliphatic carbocycles. The Balaban J connectivity index is 1.62. The van der Waals surface area contributed by atoms with Crippen LogP contribution < -0.4 is 21.3 Å². The molecule has 5 unspecified atom stereocenters. The molecule has 0 spiro atoms. The molecular formula is C19H32N4O3. The van der Waals surface area contributed by atoms with Gasteiger partial charge in [0.1, 0.15) is 6.23 Å². The number of nitrogens with one attached hydrogen (secondary N) is 4. The van der Waals surface area contributed by atoms with Crippen molar-refractivity contribution in [1.29, 1.82) is 0 Å². The van der Waals surface area contributed by atoms with E-state index in [-0.39, 0.29) is 36.2 Å². The zero-order valence-electron chi connectivity index (χ0n) is 16.0. The first-order valence-corrected chi connectivity index (χ1v) is 9.81. The van der Waals surface area contributed by atoms with E-state index in [9.17, 15) is 14.7 Å². The van der Waals surface area contributed by atoms with Gasteiger partial charge in [-0.25, -0.2) is 0 Å². The van der Waals surface area contributed by atoms with E-state index in [4.69, 9.17) is 0 Å². The molecule has 3 rings (SSSR count). The maximum atomic E-state index is 12.6. The highest BCUT2D eigenvalue weighted by Crippen LogP contribution is 2.32. The van der Waals surface area contributed by atoms with Crippen LogP contribution in [-0.4, -0.2) is 54.4 Å². The lowest BCUT2D eigenvalue weighted by molar-refractivity contribution is -0.125. The number of amides is 2. The predicted octanol–water partition coefficient (Wildman–Crippen LogP) is 0.0121. The van der Waals surface area contributed by atoms with E-state index in [1.165, 1.54) is 0 Å². The maximum Gasteiger partial charge on any atom is 0.247 e. The first-order chi connectivity index (χ1) is 12.4. The molecule has 5 N–H and O–H groups in total. The molecule has 2 saturated heterocycles. The van der Waals surface area contributed by atoms with E-state index in [0.29, 0.717) is 30.5 Å². The average molecular weight is 364 g/mol. The molecule has 3 aliphatic rings. The van der Waals surface area contributed by atoms with E-state index in [2.05, 4.69) is 28.2 Å². The van der Waals surface area contributed by atoms with Crippen molar-refractivity contribution in [1.82, 2.24) is 21.3 Å². The molecule has 2 amide bonds. The lowest BCUT2D eigenvalue weighted by atomic mass is 9.76. The van der Waals surface area contributed by atoms with Gasteiger partial charge in [0.05, 0.1) is 6.42 Å². The molecule has 7 heteroatoms. The molecule has 0 radical (unpaired) electrons. The molecule has 6 atom stereocenters. The van der Waals surface area contributed by atoms with Crippen molar-refractivity contribution >= 4 is 11.8 Å². The van der Waals surface area contributed by atoms with Crippen LogP contribution in [0.15, 0.2) is 11.1 Å². The maximum absolute atomic E-state index is 12.6. The summed E-state index contributed by atoms with van der Waals surface area (Å²) in [5.74, 6) is 0.348. The summed E-state index contributed by atoms with van der Waals surface area (Å²) in [6, 6.07) is 0.480. The van der Waals surface area contributed by atoms with Gasteiger partial charge in [-0.3, -0.25) is 14.9 Å². The van der Waals surface area contributed by atoms with Gasteiger partial charge in [0.2, 0.25) is 11.8 Å². The second-order valence-electron chi connectivity index (χ2n) is 8.09. The van der Waals surface area contributed by atoms with Gasteiger partial charge in [0, 0.05) is 36.2 Å². The molecule has 0 bridgehead atoms. The van der Waals surface area contributed by atoms with E-state index in [0.717, 1.165) is 25.0 Å². The molecule has 26 heavy (non-hydrogen) atoms. The summed E-state index contributed by atoms with van der Waals surface area (Å²) < 4.78 is 0. The third-order valence-electron chi connectivity index (χ3n) is 6.32. The van der Waals surface area contributed by atoms with Crippen molar-refractivity contribution in [2.75, 3.05) is 13.1 Å². The second-order valence-corrected chi connectivity index (χ2v) is 8.09. The number of carbonyl (C=O) groups excluding carboxylic acids is 2. The van der Waals surface area contributed by atoms with Crippen LogP contribution in [0.4, 0.5) is 0 Å². The molecule has 0 aromatic rings. The van der Waals surface area contributed by atoms with Crippen molar-refractivity contribution in [3.05, 3.63) is 11.1 Å². The molecule has 3 aliphatic heterocycles. The Labute approximate surface area is 155 Å². The van der Waals surface area contributed by atoms with E-state index in [1.54, 1.807) is 0 Å². The lowest BCUT2D eigenvalue weighted by Gasteiger charge is -2.42. The predicted molar refractivity (Wildman–Crippen MR) is 99.2 cm³/mol. The number of piperidine rings is 2. The van der Waals surface area contributed by atoms with Gasteiger partial charge in [-0.05, 0) is 52.5 Å². The highest BCUT2D eigenvalue weighted by atomic mass is 16.3. The number of hydrogen-bond acceptors (Lipinski definition) is 5. The fourth-order valence-corrected chi connectivity index (χ4v) is 4.69. The van der Waals surface area contributed by atoms with Crippen LogP contribution in [-0.2, 0) is 9.59 Å². The van der Waals surface area contributed by atoms with Gasteiger partial charge < -0.3 is 21.1 Å². The van der Waals surface area contributed by atoms with Gasteiger partial charge in [-0.15, -0.1) is 0 Å². The van der Waals surface area contributed by atoms with Crippen LogP contribution >= 0.6 is 0 Å². The molecule has 146 valence electrons. The zero-order chi connectivity index (χ0) is 18.8. The largest absolute Gasteiger partial charge is 0.379 e. The van der Waals surface area contributed by atoms with Crippen LogP contribution in [0.1, 0.15) is 46.5 Å². The number of hydrogen-bond donors (Lipinski definition) is 5. The third kappa shape index (κ3) is 4.10. The highest BCUT2D eigenvalue weighted by molar-refractivity contribution is 6.00. The number of aliphatic hydroxyl groups is 1. The molecular weight excluding hydrogens is 332 g/mol. The fraction of sp³-hybridized carbons (Fsp3) is 0.789. The number of aliphatic hydroxyl groups excluding tert-OH is 1. The monoisotopic (exact) mass is 364 g/mol. The van der Waals surface area contributed by atoms with Crippen LogP contribution in [0.5, 0.6) is 0 Å². The summed E-state index contributed by atoms with van der Waals surface area (Å²) in [6.45, 7) is 7.73. The average Bonchev–Trinajstić information content (AvgIpc) is 2.59. The first-order valence-electron chi connectivity index (χ1n) is 9.81. The summed E-state index contributed by atoms with van der Waals surface area (Å²) in [6.07, 6.45) is 2.19. The van der Waals surface area contributed by atoms with Crippen LogP contribution in [0.2, 0.25) is 0 Å². The topological polar surface area (TPSA) is 102 Å². The standard InChI is InChI=1S/C19H32N4O3/c1-10-14(19(26)23-15-6-7-20-12(3)18(10)15)8-17(25)22-11(2)13-4-5-16(24)21-9-13/h11-13,15-16,18,20-21,24H,4-9H2,1-3H3,(H,22,25)(H,23,26)/t11-,12?,13?,15?,16?,18?/m0/s1. The van der Waals surface area contributed by atoms with E-state index >= 15 is 0 Å². The number of fused-ring (bicyclic) bond motifs is 1. The first kappa shape index (κ1) is 19.3. The van der Waals surface area contributed by atoms with Gasteiger partial charge in [-0.2, -0.15) is 0 Å². The van der Waals surface area contributed by atoms with Crippen LogP contribution in [0.25, 0.3) is 0 Å². The Morgan fingerprint density at radius 3 is 2.77 bits per heavy atom. The lowest BCUT2D eigenvalue weighted by Crippen LogP contribution is -2.57. The van der Waals surface area contributed by atoms with Crippen molar-refractivity contribution < 1.29 is 14.7 Å². The number of rotatable bonds is 4. The minimum atomic E-state index is -0.438. The Morgan fingerprint density at radius 1 is 1.31 bits per heavy atom. The van der Waals surface area contributed by atoms with Crippen LogP contribution in [0, 0.1) is 11.8 Å². The molecule has 0 aromatic carbocycles. The highest BCUT2D eigenvalue weighted by Gasteiger charge is 2.39. The smallest absolute Gasteiger partial charge is 0.247 e. The van der Waals surface area contributed by atoms with Gasteiger partial charge in [-0.1, -0.05) is 5.57 Å². The van der Waals surface area contributed by atoms with Gasteiger partial charge in [0.15, 0.2) is 0 Å². The summed E-state index contributed by atoms with van der Waals surface area (Å²) in [5.41, 5.74) is 1.66. The Morgan fingerprint density at radius 2 is 2.08 bits per heavy atom.